The van der Waals surface area contributed by atoms with Gasteiger partial charge in [-0.1, -0.05) is 45.0 Å². The first kappa shape index (κ1) is 52.7. The van der Waals surface area contributed by atoms with Crippen molar-refractivity contribution in [3.63, 3.8) is 0 Å². The van der Waals surface area contributed by atoms with Crippen LogP contribution >= 0.6 is 0 Å². The molecule has 5 aromatic rings. The topological polar surface area (TPSA) is 270 Å². The Labute approximate surface area is 441 Å². The Morgan fingerprint density at radius 3 is 1.38 bits per heavy atom. The lowest BCUT2D eigenvalue weighted by atomic mass is 9.98. The van der Waals surface area contributed by atoms with E-state index >= 15 is 0 Å². The molecule has 8 aliphatic rings. The molecule has 4 N–H and O–H groups in total. The second-order valence-corrected chi connectivity index (χ2v) is 22.1. The van der Waals surface area contributed by atoms with Crippen molar-refractivity contribution in [1.82, 2.24) is 45.4 Å². The number of aromatic nitrogens is 9. The molecule has 3 aromatic heterocycles. The van der Waals surface area contributed by atoms with E-state index in [9.17, 15) is 24.6 Å². The number of carbonyl (C=O) groups is 3. The Bertz CT molecular complexity index is 2760. The van der Waals surface area contributed by atoms with Crippen LogP contribution in [0.5, 0.6) is 29.1 Å². The highest BCUT2D eigenvalue weighted by Crippen LogP contribution is 2.49. The Balaban J connectivity index is 0.000000123. The number of aliphatic hydroxyl groups excluding tert-OH is 1. The van der Waals surface area contributed by atoms with E-state index < -0.39 is 17.9 Å². The number of hydrogen-bond donors (Lipinski definition) is 4. The molecule has 12 atom stereocenters. The molecule has 13 rings (SSSR count). The predicted molar refractivity (Wildman–Crippen MR) is 272 cm³/mol. The van der Waals surface area contributed by atoms with Crippen LogP contribution in [-0.2, 0) is 17.8 Å². The van der Waals surface area contributed by atoms with Crippen LogP contribution in [0.1, 0.15) is 152 Å². The van der Waals surface area contributed by atoms with E-state index in [1.54, 1.807) is 25.8 Å². The Morgan fingerprint density at radius 1 is 0.566 bits per heavy atom. The quantitative estimate of drug-likeness (QED) is 0.0683. The molecule has 8 fully saturated rings. The molecule has 2 aromatic carbocycles. The van der Waals surface area contributed by atoms with Crippen molar-refractivity contribution in [3.8, 4) is 29.1 Å². The fourth-order valence-electron chi connectivity index (χ4n) is 13.4. The Morgan fingerprint density at radius 2 is 1.01 bits per heavy atom. The SMILES string of the molecule is CCOC(=O)c1nnn(Cc2ccc(OC)cc2)c1OC1CC2CCC1C2.COc1ccc(Cn2nnc(C(=O)O)c2OC2CC3CCC2C3)cc1.O=C(O)c1[nH]nnc1OC1CC2CCC1C2.OC1CC2CCC1C2. The average Bonchev–Trinajstić information content (AvgIpc) is 4.27. The maximum Gasteiger partial charge on any atom is 0.364 e. The molecule has 21 heteroatoms. The summed E-state index contributed by atoms with van der Waals surface area (Å²) in [6.07, 6.45) is 19.6. The van der Waals surface area contributed by atoms with Crippen LogP contribution in [0.2, 0.25) is 0 Å². The number of nitrogens with zero attached hydrogens (tertiary/aromatic N) is 8. The van der Waals surface area contributed by atoms with Gasteiger partial charge in [-0.25, -0.2) is 28.8 Å². The zero-order valence-electron chi connectivity index (χ0n) is 43.6. The molecule has 0 radical (unpaired) electrons. The van der Waals surface area contributed by atoms with Gasteiger partial charge in [-0.2, -0.15) is 0 Å². The highest BCUT2D eigenvalue weighted by molar-refractivity contribution is 5.89. The summed E-state index contributed by atoms with van der Waals surface area (Å²) in [4.78, 5) is 34.6. The largest absolute Gasteiger partial charge is 0.497 e. The molecule has 8 bridgehead atoms. The number of hydrogen-bond acceptors (Lipinski definition) is 16. The zero-order chi connectivity index (χ0) is 52.9. The minimum Gasteiger partial charge on any atom is -0.497 e. The van der Waals surface area contributed by atoms with Crippen molar-refractivity contribution in [1.29, 1.82) is 0 Å². The van der Waals surface area contributed by atoms with Crippen LogP contribution in [0.15, 0.2) is 48.5 Å². The summed E-state index contributed by atoms with van der Waals surface area (Å²) in [5, 5.41) is 53.0. The van der Waals surface area contributed by atoms with E-state index in [1.807, 2.05) is 48.5 Å². The Kier molecular flexibility index (Phi) is 16.4. The summed E-state index contributed by atoms with van der Waals surface area (Å²) in [6, 6.07) is 15.3. The van der Waals surface area contributed by atoms with Gasteiger partial charge in [-0.15, -0.1) is 10.2 Å². The number of benzene rings is 2. The van der Waals surface area contributed by atoms with E-state index in [0.717, 1.165) is 72.5 Å². The van der Waals surface area contributed by atoms with Gasteiger partial charge in [0.15, 0.2) is 0 Å². The summed E-state index contributed by atoms with van der Waals surface area (Å²) < 4.78 is 36.8. The molecular weight excluding hydrogens is 979 g/mol. The normalized spacial score (nSPS) is 28.6. The molecule has 0 aliphatic heterocycles. The molecule has 76 heavy (non-hydrogen) atoms. The number of methoxy groups -OCH3 is 2. The minimum atomic E-state index is -1.11. The summed E-state index contributed by atoms with van der Waals surface area (Å²) in [5.74, 6) is 5.17. The number of aliphatic hydroxyl groups is 1. The maximum atomic E-state index is 12.3. The van der Waals surface area contributed by atoms with Crippen molar-refractivity contribution in [2.24, 2.45) is 47.3 Å². The maximum absolute atomic E-state index is 12.3. The van der Waals surface area contributed by atoms with Crippen molar-refractivity contribution >= 4 is 17.9 Å². The first-order valence-corrected chi connectivity index (χ1v) is 27.3. The second kappa shape index (κ2) is 23.6. The molecular formula is C55H71N9O12. The number of carboxylic acid groups (broad SMARTS) is 2. The molecule has 21 nitrogen and oxygen atoms in total. The second-order valence-electron chi connectivity index (χ2n) is 22.1. The summed E-state index contributed by atoms with van der Waals surface area (Å²) in [7, 11) is 3.26. The molecule has 408 valence electrons. The number of ether oxygens (including phenoxy) is 6. The van der Waals surface area contributed by atoms with Crippen LogP contribution in [0.4, 0.5) is 0 Å². The van der Waals surface area contributed by atoms with Crippen molar-refractivity contribution in [3.05, 3.63) is 76.7 Å². The standard InChI is InChI=1S/C20H25N3O4.C18H21N3O4.C10H13N3O3.C7H12O/c1-3-26-20(24)18-19(27-17-11-14-4-7-15(17)10-14)23(22-21-18)12-13-5-8-16(25-2)9-6-13;1-24-14-6-3-11(4-7-14)10-21-17(16(18(22)23)19-20-21)25-15-9-12-2-5-13(15)8-12;14-10(15)8-9(12-13-11-8)16-7-4-5-1-2-6(7)3-5;8-7-4-5-1-2-6(7)3-5/h5-6,8-9,14-15,17H,3-4,7,10-12H2,1-2H3;3-4,6-7,12-13,15H,2,5,8-10H2,1H3,(H,22,23);5-7H,1-4H2,(H,14,15)(H,11,12,13);5-8H,1-4H2. The number of rotatable bonds is 16. The van der Waals surface area contributed by atoms with E-state index in [4.69, 9.17) is 33.5 Å². The van der Waals surface area contributed by atoms with Gasteiger partial charge < -0.3 is 43.7 Å². The van der Waals surface area contributed by atoms with Crippen LogP contribution in [0.25, 0.3) is 0 Å². The number of aromatic amines is 1. The van der Waals surface area contributed by atoms with Crippen LogP contribution < -0.4 is 23.7 Å². The molecule has 0 spiro atoms. The number of fused-ring (bicyclic) bond motifs is 8. The fourth-order valence-corrected chi connectivity index (χ4v) is 13.4. The van der Waals surface area contributed by atoms with Crippen LogP contribution in [0.3, 0.4) is 0 Å². The predicted octanol–water partition coefficient (Wildman–Crippen LogP) is 7.92. The average molecular weight is 1050 g/mol. The van der Waals surface area contributed by atoms with Gasteiger partial charge in [0.1, 0.15) is 29.8 Å². The summed E-state index contributed by atoms with van der Waals surface area (Å²) >= 11 is 0. The van der Waals surface area contributed by atoms with E-state index in [1.165, 1.54) is 75.3 Å². The lowest BCUT2D eigenvalue weighted by Gasteiger charge is -2.23. The lowest BCUT2D eigenvalue weighted by molar-refractivity contribution is 0.0504. The molecule has 8 saturated carbocycles. The van der Waals surface area contributed by atoms with Gasteiger partial charge in [0, 0.05) is 0 Å². The minimum absolute atomic E-state index is 0.0530. The van der Waals surface area contributed by atoms with E-state index in [0.29, 0.717) is 48.6 Å². The van der Waals surface area contributed by atoms with Gasteiger partial charge in [0.05, 0.1) is 40.0 Å². The van der Waals surface area contributed by atoms with Crippen LogP contribution in [-0.4, -0.2) is 124 Å². The summed E-state index contributed by atoms with van der Waals surface area (Å²) in [5.41, 5.74) is 1.99. The number of aromatic carboxylic acids is 2. The third-order valence-corrected chi connectivity index (χ3v) is 17.3. The monoisotopic (exact) mass is 1050 g/mol. The first-order valence-electron chi connectivity index (χ1n) is 27.3. The fraction of sp³-hybridized carbons (Fsp3) is 0.618. The molecule has 12 unspecified atom stereocenters. The third kappa shape index (κ3) is 12.1. The molecule has 3 heterocycles. The van der Waals surface area contributed by atoms with E-state index in [-0.39, 0.29) is 59.9 Å². The van der Waals surface area contributed by atoms with Gasteiger partial charge in [0.2, 0.25) is 28.8 Å². The van der Waals surface area contributed by atoms with Crippen molar-refractivity contribution < 1.29 is 58.1 Å². The number of esters is 1. The van der Waals surface area contributed by atoms with Crippen molar-refractivity contribution in [2.75, 3.05) is 20.8 Å². The van der Waals surface area contributed by atoms with Gasteiger partial charge in [-0.05, 0) is 192 Å². The van der Waals surface area contributed by atoms with E-state index in [2.05, 4.69) is 36.0 Å². The van der Waals surface area contributed by atoms with Gasteiger partial charge >= 0.3 is 17.9 Å². The van der Waals surface area contributed by atoms with Gasteiger partial charge in [-0.3, -0.25) is 0 Å². The Hall–Kier alpha value is -6.77. The number of carbonyl (C=O) groups excluding carboxylic acids is 1. The molecule has 8 aliphatic carbocycles. The zero-order valence-corrected chi connectivity index (χ0v) is 43.6. The van der Waals surface area contributed by atoms with Gasteiger partial charge in [0.25, 0.3) is 5.88 Å². The van der Waals surface area contributed by atoms with Crippen LogP contribution in [0, 0.1) is 47.3 Å². The smallest absolute Gasteiger partial charge is 0.364 e. The highest BCUT2D eigenvalue weighted by Gasteiger charge is 2.45. The highest BCUT2D eigenvalue weighted by atomic mass is 16.5. The molecule has 0 amide bonds. The first-order chi connectivity index (χ1) is 36.9. The van der Waals surface area contributed by atoms with Crippen molar-refractivity contribution in [2.45, 2.75) is 147 Å². The molecule has 0 saturated heterocycles. The summed E-state index contributed by atoms with van der Waals surface area (Å²) in [6.45, 7) is 2.93. The lowest BCUT2D eigenvalue weighted by Crippen LogP contribution is -2.26. The third-order valence-electron chi connectivity index (χ3n) is 17.3. The number of H-pyrrole nitrogens is 1. The number of carboxylic acids is 2. The number of nitrogens with one attached hydrogen (secondary N) is 1.